The lowest BCUT2D eigenvalue weighted by atomic mass is 9.98. The summed E-state index contributed by atoms with van der Waals surface area (Å²) in [6.07, 6.45) is -4.60. The highest BCUT2D eigenvalue weighted by molar-refractivity contribution is 5.94. The fourth-order valence-electron chi connectivity index (χ4n) is 1.46. The molecule has 112 valence electrons. The SMILES string of the molecule is CC(C)C(C)CNC(=O)c1cc(C(F)(F)F)ccc1F. The van der Waals surface area contributed by atoms with E-state index in [4.69, 9.17) is 0 Å². The van der Waals surface area contributed by atoms with Gasteiger partial charge in [0.25, 0.3) is 5.91 Å². The second-order valence-electron chi connectivity index (χ2n) is 5.12. The summed E-state index contributed by atoms with van der Waals surface area (Å²) in [5, 5.41) is 2.45. The number of nitrogens with one attached hydrogen (secondary N) is 1. The number of hydrogen-bond acceptors (Lipinski definition) is 1. The highest BCUT2D eigenvalue weighted by atomic mass is 19.4. The van der Waals surface area contributed by atoms with E-state index in [1.54, 1.807) is 0 Å². The molecule has 0 aliphatic carbocycles. The summed E-state index contributed by atoms with van der Waals surface area (Å²) < 4.78 is 51.0. The van der Waals surface area contributed by atoms with Gasteiger partial charge in [-0.15, -0.1) is 0 Å². The Morgan fingerprint density at radius 2 is 1.85 bits per heavy atom. The molecule has 1 aromatic rings. The van der Waals surface area contributed by atoms with Crippen LogP contribution in [0.3, 0.4) is 0 Å². The first-order chi connectivity index (χ1) is 9.12. The Kier molecular flexibility index (Phi) is 5.14. The zero-order chi connectivity index (χ0) is 15.5. The molecule has 1 aromatic carbocycles. The molecule has 0 fully saturated rings. The summed E-state index contributed by atoms with van der Waals surface area (Å²) in [5.74, 6) is -1.34. The Hall–Kier alpha value is -1.59. The van der Waals surface area contributed by atoms with E-state index in [9.17, 15) is 22.4 Å². The Morgan fingerprint density at radius 1 is 1.25 bits per heavy atom. The van der Waals surface area contributed by atoms with Crippen LogP contribution in [0, 0.1) is 17.7 Å². The number of hydrogen-bond donors (Lipinski definition) is 1. The maximum absolute atomic E-state index is 13.5. The molecule has 0 heterocycles. The van der Waals surface area contributed by atoms with Crippen LogP contribution < -0.4 is 5.32 Å². The first-order valence-electron chi connectivity index (χ1n) is 6.28. The van der Waals surface area contributed by atoms with Gasteiger partial charge in [-0.3, -0.25) is 4.79 Å². The quantitative estimate of drug-likeness (QED) is 0.838. The maximum atomic E-state index is 13.5. The molecular formula is C14H17F4NO. The summed E-state index contributed by atoms with van der Waals surface area (Å²) in [6.45, 7) is 6.10. The number of rotatable bonds is 4. The number of amides is 1. The third-order valence-corrected chi connectivity index (χ3v) is 3.26. The number of alkyl halides is 3. The molecule has 0 spiro atoms. The minimum absolute atomic E-state index is 0.146. The molecule has 0 saturated carbocycles. The lowest BCUT2D eigenvalue weighted by molar-refractivity contribution is -0.137. The summed E-state index contributed by atoms with van der Waals surface area (Å²) in [6, 6.07) is 1.80. The van der Waals surface area contributed by atoms with Crippen LogP contribution in [0.15, 0.2) is 18.2 Å². The standard InChI is InChI=1S/C14H17F4NO/c1-8(2)9(3)7-19-13(20)11-6-10(14(16,17)18)4-5-12(11)15/h4-6,8-9H,7H2,1-3H3,(H,19,20). The fraction of sp³-hybridized carbons (Fsp3) is 0.500. The fourth-order valence-corrected chi connectivity index (χ4v) is 1.46. The Labute approximate surface area is 115 Å². The molecular weight excluding hydrogens is 274 g/mol. The van der Waals surface area contributed by atoms with Crippen molar-refractivity contribution in [2.75, 3.05) is 6.54 Å². The lowest BCUT2D eigenvalue weighted by Crippen LogP contribution is -2.31. The number of carbonyl (C=O) groups excluding carboxylic acids is 1. The normalized spacial score (nSPS) is 13.4. The maximum Gasteiger partial charge on any atom is 0.416 e. The minimum atomic E-state index is -4.60. The number of halogens is 4. The van der Waals surface area contributed by atoms with E-state index in [1.807, 2.05) is 20.8 Å². The van der Waals surface area contributed by atoms with Gasteiger partial charge in [0.05, 0.1) is 11.1 Å². The van der Waals surface area contributed by atoms with E-state index in [2.05, 4.69) is 5.32 Å². The predicted molar refractivity (Wildman–Crippen MR) is 67.7 cm³/mol. The van der Waals surface area contributed by atoms with E-state index >= 15 is 0 Å². The van der Waals surface area contributed by atoms with Crippen LogP contribution in [0.5, 0.6) is 0 Å². The van der Waals surface area contributed by atoms with Crippen molar-refractivity contribution in [1.29, 1.82) is 0 Å². The molecule has 1 atom stereocenters. The third kappa shape index (κ3) is 4.21. The molecule has 1 N–H and O–H groups in total. The van der Waals surface area contributed by atoms with Gasteiger partial charge in [-0.05, 0) is 30.0 Å². The van der Waals surface area contributed by atoms with E-state index in [0.717, 1.165) is 0 Å². The third-order valence-electron chi connectivity index (χ3n) is 3.26. The highest BCUT2D eigenvalue weighted by Crippen LogP contribution is 2.30. The van der Waals surface area contributed by atoms with Gasteiger partial charge in [-0.1, -0.05) is 20.8 Å². The summed E-state index contributed by atoms with van der Waals surface area (Å²) >= 11 is 0. The zero-order valence-corrected chi connectivity index (χ0v) is 11.5. The van der Waals surface area contributed by atoms with E-state index in [1.165, 1.54) is 0 Å². The average Bonchev–Trinajstić information content (AvgIpc) is 2.34. The topological polar surface area (TPSA) is 29.1 Å². The van der Waals surface area contributed by atoms with Crippen LogP contribution >= 0.6 is 0 Å². The molecule has 1 unspecified atom stereocenters. The molecule has 1 amide bonds. The smallest absolute Gasteiger partial charge is 0.352 e. The van der Waals surface area contributed by atoms with Crippen LogP contribution in [0.1, 0.15) is 36.7 Å². The van der Waals surface area contributed by atoms with Crippen LogP contribution in [-0.4, -0.2) is 12.5 Å². The van der Waals surface area contributed by atoms with Gasteiger partial charge >= 0.3 is 6.18 Å². The molecule has 1 rings (SSSR count). The molecule has 0 radical (unpaired) electrons. The first kappa shape index (κ1) is 16.5. The van der Waals surface area contributed by atoms with Gasteiger partial charge in [0.1, 0.15) is 5.82 Å². The van der Waals surface area contributed by atoms with Crippen molar-refractivity contribution in [1.82, 2.24) is 5.32 Å². The molecule has 20 heavy (non-hydrogen) atoms. The van der Waals surface area contributed by atoms with Crippen molar-refractivity contribution in [3.63, 3.8) is 0 Å². The van der Waals surface area contributed by atoms with Gasteiger partial charge in [-0.2, -0.15) is 13.2 Å². The Morgan fingerprint density at radius 3 is 2.35 bits per heavy atom. The van der Waals surface area contributed by atoms with Crippen LogP contribution in [0.2, 0.25) is 0 Å². The number of benzene rings is 1. The Bertz CT molecular complexity index is 483. The van der Waals surface area contributed by atoms with Crippen LogP contribution in [-0.2, 0) is 6.18 Å². The minimum Gasteiger partial charge on any atom is -0.352 e. The second-order valence-corrected chi connectivity index (χ2v) is 5.12. The monoisotopic (exact) mass is 291 g/mol. The summed E-state index contributed by atoms with van der Waals surface area (Å²) in [4.78, 5) is 11.8. The second kappa shape index (κ2) is 6.24. The van der Waals surface area contributed by atoms with Gasteiger partial charge in [-0.25, -0.2) is 4.39 Å². The predicted octanol–water partition coefficient (Wildman–Crippen LogP) is 3.87. The molecule has 0 aliphatic heterocycles. The van der Waals surface area contributed by atoms with E-state index in [-0.39, 0.29) is 12.5 Å². The molecule has 6 heteroatoms. The van der Waals surface area contributed by atoms with Gasteiger partial charge in [0.15, 0.2) is 0 Å². The summed E-state index contributed by atoms with van der Waals surface area (Å²) in [5.41, 5.74) is -1.63. The lowest BCUT2D eigenvalue weighted by Gasteiger charge is -2.16. The largest absolute Gasteiger partial charge is 0.416 e. The van der Waals surface area contributed by atoms with Crippen molar-refractivity contribution < 1.29 is 22.4 Å². The van der Waals surface area contributed by atoms with Crippen LogP contribution in [0.4, 0.5) is 17.6 Å². The van der Waals surface area contributed by atoms with Crippen molar-refractivity contribution in [2.45, 2.75) is 26.9 Å². The number of carbonyl (C=O) groups is 1. The Balaban J connectivity index is 2.87. The molecule has 0 bridgehead atoms. The van der Waals surface area contributed by atoms with Gasteiger partial charge < -0.3 is 5.32 Å². The van der Waals surface area contributed by atoms with Crippen LogP contribution in [0.25, 0.3) is 0 Å². The van der Waals surface area contributed by atoms with Gasteiger partial charge in [0, 0.05) is 6.54 Å². The van der Waals surface area contributed by atoms with E-state index in [0.29, 0.717) is 24.1 Å². The van der Waals surface area contributed by atoms with Crippen molar-refractivity contribution in [2.24, 2.45) is 11.8 Å². The molecule has 0 saturated heterocycles. The molecule has 0 aromatic heterocycles. The highest BCUT2D eigenvalue weighted by Gasteiger charge is 2.31. The zero-order valence-electron chi connectivity index (χ0n) is 11.5. The summed E-state index contributed by atoms with van der Waals surface area (Å²) in [7, 11) is 0. The van der Waals surface area contributed by atoms with Crippen molar-refractivity contribution in [3.8, 4) is 0 Å². The molecule has 0 aliphatic rings. The average molecular weight is 291 g/mol. The van der Waals surface area contributed by atoms with Crippen molar-refractivity contribution >= 4 is 5.91 Å². The van der Waals surface area contributed by atoms with E-state index < -0.39 is 29.0 Å². The van der Waals surface area contributed by atoms with Gasteiger partial charge in [0.2, 0.25) is 0 Å². The molecule has 2 nitrogen and oxygen atoms in total. The first-order valence-corrected chi connectivity index (χ1v) is 6.28. The van der Waals surface area contributed by atoms with Crippen molar-refractivity contribution in [3.05, 3.63) is 35.1 Å².